The Bertz CT molecular complexity index is 1610. The van der Waals surface area contributed by atoms with Crippen LogP contribution in [0.5, 0.6) is 17.2 Å². The van der Waals surface area contributed by atoms with Crippen LogP contribution < -0.4 is 19.5 Å². The molecular formula is C31H28N2O4. The van der Waals surface area contributed by atoms with E-state index in [1.807, 2.05) is 77.4 Å². The molecule has 6 heteroatoms. The van der Waals surface area contributed by atoms with Crippen LogP contribution in [0.4, 0.5) is 0 Å². The fourth-order valence-corrected chi connectivity index (χ4v) is 5.24. The number of carbonyl (C=O) groups is 1. The Morgan fingerprint density at radius 3 is 2.46 bits per heavy atom. The topological polar surface area (TPSA) is 61.7 Å². The van der Waals surface area contributed by atoms with Gasteiger partial charge in [-0.3, -0.25) is 9.36 Å². The highest BCUT2D eigenvalue weighted by Crippen LogP contribution is 2.34. The predicted molar refractivity (Wildman–Crippen MR) is 145 cm³/mol. The Morgan fingerprint density at radius 1 is 0.865 bits per heavy atom. The van der Waals surface area contributed by atoms with Gasteiger partial charge >= 0.3 is 0 Å². The van der Waals surface area contributed by atoms with Crippen LogP contribution in [0.3, 0.4) is 0 Å². The van der Waals surface area contributed by atoms with Crippen molar-refractivity contribution in [2.45, 2.75) is 19.6 Å². The summed E-state index contributed by atoms with van der Waals surface area (Å²) in [5, 5.41) is 6.52. The molecule has 0 spiro atoms. The minimum absolute atomic E-state index is 0.0103. The molecule has 1 N–H and O–H groups in total. The van der Waals surface area contributed by atoms with E-state index in [1.54, 1.807) is 14.2 Å². The predicted octanol–water partition coefficient (Wildman–Crippen LogP) is 5.72. The third-order valence-corrected chi connectivity index (χ3v) is 7.04. The highest BCUT2D eigenvalue weighted by molar-refractivity contribution is 6.11. The summed E-state index contributed by atoms with van der Waals surface area (Å²) in [4.78, 5) is 14.0. The van der Waals surface area contributed by atoms with Gasteiger partial charge < -0.3 is 19.5 Å². The third-order valence-electron chi connectivity index (χ3n) is 7.04. The number of hydrogen-bond donors (Lipinski definition) is 1. The summed E-state index contributed by atoms with van der Waals surface area (Å²) in [7, 11) is 3.27. The van der Waals surface area contributed by atoms with Crippen LogP contribution >= 0.6 is 0 Å². The van der Waals surface area contributed by atoms with Crippen molar-refractivity contribution < 1.29 is 19.0 Å². The zero-order valence-electron chi connectivity index (χ0n) is 20.9. The van der Waals surface area contributed by atoms with Crippen molar-refractivity contribution in [1.82, 2.24) is 9.88 Å². The van der Waals surface area contributed by atoms with E-state index in [1.165, 1.54) is 5.56 Å². The molecule has 5 aromatic rings. The number of nitrogens with zero attached hydrogens (tertiary/aromatic N) is 1. The highest BCUT2D eigenvalue weighted by Gasteiger charge is 2.25. The Labute approximate surface area is 215 Å². The minimum atomic E-state index is -0.0103. The van der Waals surface area contributed by atoms with Crippen molar-refractivity contribution in [3.05, 3.63) is 101 Å². The molecule has 0 atom stereocenters. The molecule has 1 aliphatic rings. The smallest absolute Gasteiger partial charge is 0.263 e. The van der Waals surface area contributed by atoms with Crippen molar-refractivity contribution in [1.29, 1.82) is 0 Å². The van der Waals surface area contributed by atoms with Gasteiger partial charge in [0.05, 0.1) is 19.7 Å². The molecule has 2 heterocycles. The lowest BCUT2D eigenvalue weighted by Crippen LogP contribution is -2.27. The Balaban J connectivity index is 1.38. The molecule has 1 aromatic heterocycles. The molecule has 6 rings (SSSR count). The van der Waals surface area contributed by atoms with Gasteiger partial charge in [0.1, 0.15) is 23.9 Å². The Hall–Kier alpha value is -4.29. The molecule has 186 valence electrons. The number of hydrogen-bond acceptors (Lipinski definition) is 5. The zero-order chi connectivity index (χ0) is 25.4. The van der Waals surface area contributed by atoms with Gasteiger partial charge in [-0.2, -0.15) is 0 Å². The molecule has 37 heavy (non-hydrogen) atoms. The van der Waals surface area contributed by atoms with Gasteiger partial charge in [-0.1, -0.05) is 36.4 Å². The quantitative estimate of drug-likeness (QED) is 0.328. The van der Waals surface area contributed by atoms with E-state index in [4.69, 9.17) is 14.2 Å². The Kier molecular flexibility index (Phi) is 6.02. The van der Waals surface area contributed by atoms with Crippen LogP contribution in [-0.4, -0.2) is 31.2 Å². The standard InChI is InChI=1S/C31H28N2O4/c1-35-23-14-20(15-24(16-23)36-2)19-37-22-10-11-29-28(17-22)26-12-13-32-18-30(26)33(29)31(34)27-9-5-7-21-6-3-4-8-25(21)27/h3-11,14-17,32H,12-13,18-19H2,1-2H3. The first-order chi connectivity index (χ1) is 18.2. The first-order valence-corrected chi connectivity index (χ1v) is 12.4. The molecule has 0 saturated heterocycles. The van der Waals surface area contributed by atoms with E-state index >= 15 is 0 Å². The molecule has 0 unspecified atom stereocenters. The van der Waals surface area contributed by atoms with Gasteiger partial charge in [-0.25, -0.2) is 0 Å². The van der Waals surface area contributed by atoms with Gasteiger partial charge in [0.15, 0.2) is 0 Å². The summed E-state index contributed by atoms with van der Waals surface area (Å²) in [5.41, 5.74) is 4.79. The maximum absolute atomic E-state index is 14.0. The van der Waals surface area contributed by atoms with Crippen LogP contribution in [0.25, 0.3) is 21.7 Å². The van der Waals surface area contributed by atoms with Crippen LogP contribution in [0, 0.1) is 0 Å². The van der Waals surface area contributed by atoms with E-state index in [-0.39, 0.29) is 5.91 Å². The maximum atomic E-state index is 14.0. The second-order valence-electron chi connectivity index (χ2n) is 9.21. The van der Waals surface area contributed by atoms with Crippen molar-refractivity contribution in [3.63, 3.8) is 0 Å². The number of methoxy groups -OCH3 is 2. The summed E-state index contributed by atoms with van der Waals surface area (Å²) < 4.78 is 18.8. The fourth-order valence-electron chi connectivity index (χ4n) is 5.24. The number of fused-ring (bicyclic) bond motifs is 4. The number of aromatic nitrogens is 1. The van der Waals surface area contributed by atoms with Gasteiger partial charge in [0, 0.05) is 29.3 Å². The lowest BCUT2D eigenvalue weighted by molar-refractivity contribution is 0.0963. The summed E-state index contributed by atoms with van der Waals surface area (Å²) >= 11 is 0. The van der Waals surface area contributed by atoms with Crippen LogP contribution in [-0.2, 0) is 19.6 Å². The number of benzene rings is 4. The molecular weight excluding hydrogens is 464 g/mol. The third kappa shape index (κ3) is 4.19. The average Bonchev–Trinajstić information content (AvgIpc) is 3.29. The second kappa shape index (κ2) is 9.64. The largest absolute Gasteiger partial charge is 0.497 e. The molecule has 0 fully saturated rings. The summed E-state index contributed by atoms with van der Waals surface area (Å²) in [6, 6.07) is 25.6. The zero-order valence-corrected chi connectivity index (χ0v) is 20.9. The summed E-state index contributed by atoms with van der Waals surface area (Å²) in [5.74, 6) is 2.19. The summed E-state index contributed by atoms with van der Waals surface area (Å²) in [6.07, 6.45) is 0.859. The maximum Gasteiger partial charge on any atom is 0.263 e. The van der Waals surface area contributed by atoms with Crippen molar-refractivity contribution in [3.8, 4) is 17.2 Å². The molecule has 0 amide bonds. The van der Waals surface area contributed by atoms with Gasteiger partial charge in [0.2, 0.25) is 0 Å². The molecule has 0 aliphatic carbocycles. The van der Waals surface area contributed by atoms with E-state index in [9.17, 15) is 4.79 Å². The first kappa shape index (κ1) is 23.1. The Morgan fingerprint density at radius 2 is 1.65 bits per heavy atom. The van der Waals surface area contributed by atoms with E-state index in [0.717, 1.165) is 63.1 Å². The lowest BCUT2D eigenvalue weighted by Gasteiger charge is -2.17. The SMILES string of the molecule is COc1cc(COc2ccc3c(c2)c2c(n3C(=O)c3cccc4ccccc34)CNCC2)cc(OC)c1. The van der Waals surface area contributed by atoms with Gasteiger partial charge in [-0.05, 0) is 71.3 Å². The first-order valence-electron chi connectivity index (χ1n) is 12.4. The minimum Gasteiger partial charge on any atom is -0.497 e. The van der Waals surface area contributed by atoms with Crippen LogP contribution in [0.15, 0.2) is 78.9 Å². The number of ether oxygens (including phenoxy) is 3. The molecule has 0 saturated carbocycles. The number of carbonyl (C=O) groups excluding carboxylic acids is 1. The number of nitrogens with one attached hydrogen (secondary N) is 1. The van der Waals surface area contributed by atoms with Crippen molar-refractivity contribution in [2.75, 3.05) is 20.8 Å². The normalized spacial score (nSPS) is 12.9. The van der Waals surface area contributed by atoms with Crippen molar-refractivity contribution in [2.24, 2.45) is 0 Å². The average molecular weight is 493 g/mol. The van der Waals surface area contributed by atoms with Crippen LogP contribution in [0.1, 0.15) is 27.2 Å². The lowest BCUT2D eigenvalue weighted by atomic mass is 10.0. The van der Waals surface area contributed by atoms with Crippen molar-refractivity contribution >= 4 is 27.6 Å². The molecule has 0 radical (unpaired) electrons. The van der Waals surface area contributed by atoms with Gasteiger partial charge in [0.25, 0.3) is 5.91 Å². The second-order valence-corrected chi connectivity index (χ2v) is 9.21. The van der Waals surface area contributed by atoms with Crippen LogP contribution in [0.2, 0.25) is 0 Å². The van der Waals surface area contributed by atoms with E-state index < -0.39 is 0 Å². The van der Waals surface area contributed by atoms with E-state index in [0.29, 0.717) is 18.7 Å². The van der Waals surface area contributed by atoms with E-state index in [2.05, 4.69) is 11.4 Å². The number of rotatable bonds is 6. The molecule has 6 nitrogen and oxygen atoms in total. The fraction of sp³-hybridized carbons (Fsp3) is 0.194. The molecule has 4 aromatic carbocycles. The summed E-state index contributed by atoms with van der Waals surface area (Å²) in [6.45, 7) is 1.90. The monoisotopic (exact) mass is 492 g/mol. The molecule has 0 bridgehead atoms. The highest BCUT2D eigenvalue weighted by atomic mass is 16.5. The molecule has 1 aliphatic heterocycles. The van der Waals surface area contributed by atoms with Gasteiger partial charge in [-0.15, -0.1) is 0 Å².